The first-order valence-corrected chi connectivity index (χ1v) is 5.62. The highest BCUT2D eigenvalue weighted by Gasteiger charge is 2.23. The number of urea groups is 1. The van der Waals surface area contributed by atoms with Gasteiger partial charge in [-0.2, -0.15) is 0 Å². The third kappa shape index (κ3) is 2.03. The molecular weight excluding hydrogens is 204 g/mol. The zero-order chi connectivity index (χ0) is 11.7. The molecule has 0 fully saturated rings. The van der Waals surface area contributed by atoms with Gasteiger partial charge in [0.25, 0.3) is 0 Å². The molecule has 1 aromatic rings. The Morgan fingerprint density at radius 3 is 3.00 bits per heavy atom. The SMILES string of the molecule is CC(C)NC(=O)N1CCc2ncn(C)c2C1. The zero-order valence-corrected chi connectivity index (χ0v) is 10.0. The van der Waals surface area contributed by atoms with E-state index in [1.165, 1.54) is 0 Å². The van der Waals surface area contributed by atoms with E-state index >= 15 is 0 Å². The Morgan fingerprint density at radius 1 is 1.56 bits per heavy atom. The van der Waals surface area contributed by atoms with Crippen LogP contribution in [0.3, 0.4) is 0 Å². The molecule has 0 bridgehead atoms. The van der Waals surface area contributed by atoms with Crippen molar-refractivity contribution in [1.82, 2.24) is 19.8 Å². The van der Waals surface area contributed by atoms with E-state index in [1.807, 2.05) is 36.7 Å². The van der Waals surface area contributed by atoms with Crippen LogP contribution >= 0.6 is 0 Å². The first-order chi connectivity index (χ1) is 7.58. The molecule has 1 aliphatic rings. The number of nitrogens with zero attached hydrogens (tertiary/aromatic N) is 3. The average Bonchev–Trinajstić information content (AvgIpc) is 2.59. The van der Waals surface area contributed by atoms with Crippen molar-refractivity contribution >= 4 is 6.03 Å². The number of imidazole rings is 1. The molecule has 16 heavy (non-hydrogen) atoms. The Morgan fingerprint density at radius 2 is 2.31 bits per heavy atom. The second-order valence-corrected chi connectivity index (χ2v) is 4.52. The van der Waals surface area contributed by atoms with Gasteiger partial charge < -0.3 is 14.8 Å². The summed E-state index contributed by atoms with van der Waals surface area (Å²) in [6.45, 7) is 5.35. The summed E-state index contributed by atoms with van der Waals surface area (Å²) < 4.78 is 1.99. The molecular formula is C11H18N4O. The van der Waals surface area contributed by atoms with Crippen molar-refractivity contribution in [3.05, 3.63) is 17.7 Å². The molecule has 5 heteroatoms. The highest BCUT2D eigenvalue weighted by molar-refractivity contribution is 5.74. The van der Waals surface area contributed by atoms with Gasteiger partial charge in [-0.3, -0.25) is 0 Å². The van der Waals surface area contributed by atoms with Gasteiger partial charge in [0.1, 0.15) is 0 Å². The molecule has 1 N–H and O–H groups in total. The fraction of sp³-hybridized carbons (Fsp3) is 0.636. The summed E-state index contributed by atoms with van der Waals surface area (Å²) >= 11 is 0. The fourth-order valence-electron chi connectivity index (χ4n) is 1.93. The first kappa shape index (κ1) is 11.0. The maximum absolute atomic E-state index is 11.8. The monoisotopic (exact) mass is 222 g/mol. The van der Waals surface area contributed by atoms with Crippen LogP contribution in [0.4, 0.5) is 4.79 Å². The molecule has 0 aromatic carbocycles. The molecule has 0 atom stereocenters. The Bertz CT molecular complexity index is 397. The van der Waals surface area contributed by atoms with Crippen LogP contribution in [0, 0.1) is 0 Å². The number of aryl methyl sites for hydroxylation is 1. The second-order valence-electron chi connectivity index (χ2n) is 4.52. The van der Waals surface area contributed by atoms with Crippen LogP contribution in [0.15, 0.2) is 6.33 Å². The van der Waals surface area contributed by atoms with Crippen molar-refractivity contribution in [1.29, 1.82) is 0 Å². The molecule has 2 rings (SSSR count). The Kier molecular flexibility index (Phi) is 2.85. The number of nitrogens with one attached hydrogen (secondary N) is 1. The smallest absolute Gasteiger partial charge is 0.317 e. The largest absolute Gasteiger partial charge is 0.336 e. The molecule has 88 valence electrons. The topological polar surface area (TPSA) is 50.2 Å². The first-order valence-electron chi connectivity index (χ1n) is 5.62. The molecule has 0 aliphatic carbocycles. The van der Waals surface area contributed by atoms with Gasteiger partial charge in [-0.1, -0.05) is 0 Å². The van der Waals surface area contributed by atoms with E-state index in [2.05, 4.69) is 10.3 Å². The number of fused-ring (bicyclic) bond motifs is 1. The van der Waals surface area contributed by atoms with Crippen LogP contribution in [0.1, 0.15) is 25.2 Å². The number of hydrogen-bond acceptors (Lipinski definition) is 2. The van der Waals surface area contributed by atoms with Crippen LogP contribution in [-0.2, 0) is 20.0 Å². The number of amides is 2. The lowest BCUT2D eigenvalue weighted by Crippen LogP contribution is -2.45. The second kappa shape index (κ2) is 4.15. The molecule has 2 amide bonds. The molecule has 0 saturated carbocycles. The van der Waals surface area contributed by atoms with Gasteiger partial charge >= 0.3 is 6.03 Å². The van der Waals surface area contributed by atoms with Gasteiger partial charge in [-0.05, 0) is 13.8 Å². The summed E-state index contributed by atoms with van der Waals surface area (Å²) in [5.74, 6) is 0. The van der Waals surface area contributed by atoms with E-state index < -0.39 is 0 Å². The van der Waals surface area contributed by atoms with E-state index in [4.69, 9.17) is 0 Å². The molecule has 0 radical (unpaired) electrons. The van der Waals surface area contributed by atoms with E-state index in [9.17, 15) is 4.79 Å². The van der Waals surface area contributed by atoms with Crippen LogP contribution in [0.25, 0.3) is 0 Å². The Balaban J connectivity index is 2.07. The van der Waals surface area contributed by atoms with Gasteiger partial charge in [0.2, 0.25) is 0 Å². The van der Waals surface area contributed by atoms with Crippen LogP contribution in [0.5, 0.6) is 0 Å². The molecule has 0 saturated heterocycles. The number of aromatic nitrogens is 2. The minimum absolute atomic E-state index is 0.0156. The van der Waals surface area contributed by atoms with Crippen LogP contribution in [-0.4, -0.2) is 33.1 Å². The summed E-state index contributed by atoms with van der Waals surface area (Å²) in [5.41, 5.74) is 2.27. The third-order valence-electron chi connectivity index (χ3n) is 2.80. The summed E-state index contributed by atoms with van der Waals surface area (Å²) in [6, 6.07) is 0.197. The predicted octanol–water partition coefficient (Wildman–Crippen LogP) is 0.896. The van der Waals surface area contributed by atoms with Crippen molar-refractivity contribution in [3.63, 3.8) is 0 Å². The van der Waals surface area contributed by atoms with Crippen molar-refractivity contribution in [3.8, 4) is 0 Å². The molecule has 5 nitrogen and oxygen atoms in total. The lowest BCUT2D eigenvalue weighted by molar-refractivity contribution is 0.188. The number of hydrogen-bond donors (Lipinski definition) is 1. The number of carbonyl (C=O) groups is 1. The van der Waals surface area contributed by atoms with Gasteiger partial charge in [-0.25, -0.2) is 9.78 Å². The minimum atomic E-state index is 0.0156. The van der Waals surface area contributed by atoms with Crippen molar-refractivity contribution in [2.45, 2.75) is 32.9 Å². The normalized spacial score (nSPS) is 15.1. The van der Waals surface area contributed by atoms with Crippen LogP contribution in [0.2, 0.25) is 0 Å². The Hall–Kier alpha value is -1.52. The predicted molar refractivity (Wildman–Crippen MR) is 61.0 cm³/mol. The summed E-state index contributed by atoms with van der Waals surface area (Å²) in [5, 5.41) is 2.91. The maximum atomic E-state index is 11.8. The van der Waals surface area contributed by atoms with Gasteiger partial charge in [-0.15, -0.1) is 0 Å². The average molecular weight is 222 g/mol. The lowest BCUT2D eigenvalue weighted by Gasteiger charge is -2.28. The third-order valence-corrected chi connectivity index (χ3v) is 2.80. The minimum Gasteiger partial charge on any atom is -0.336 e. The quantitative estimate of drug-likeness (QED) is 0.767. The standard InChI is InChI=1S/C11H18N4O/c1-8(2)13-11(16)15-5-4-9-10(6-15)14(3)7-12-9/h7-8H,4-6H2,1-3H3,(H,13,16). The molecule has 1 aliphatic heterocycles. The van der Waals surface area contributed by atoms with Crippen molar-refractivity contribution in [2.75, 3.05) is 6.54 Å². The van der Waals surface area contributed by atoms with E-state index in [0.29, 0.717) is 6.54 Å². The molecule has 0 spiro atoms. The van der Waals surface area contributed by atoms with E-state index in [-0.39, 0.29) is 12.1 Å². The van der Waals surface area contributed by atoms with Gasteiger partial charge in [0.05, 0.1) is 24.3 Å². The van der Waals surface area contributed by atoms with Crippen molar-refractivity contribution in [2.24, 2.45) is 7.05 Å². The zero-order valence-electron chi connectivity index (χ0n) is 10.0. The summed E-state index contributed by atoms with van der Waals surface area (Å²) in [4.78, 5) is 18.0. The highest BCUT2D eigenvalue weighted by Crippen LogP contribution is 2.16. The highest BCUT2D eigenvalue weighted by atomic mass is 16.2. The van der Waals surface area contributed by atoms with Crippen LogP contribution < -0.4 is 5.32 Å². The molecule has 2 heterocycles. The summed E-state index contributed by atoms with van der Waals surface area (Å²) in [7, 11) is 1.97. The van der Waals surface area contributed by atoms with Crippen molar-refractivity contribution < 1.29 is 4.79 Å². The summed E-state index contributed by atoms with van der Waals surface area (Å²) in [6.07, 6.45) is 2.66. The van der Waals surface area contributed by atoms with Gasteiger partial charge in [0, 0.05) is 26.1 Å². The van der Waals surface area contributed by atoms with E-state index in [0.717, 1.165) is 24.4 Å². The number of rotatable bonds is 1. The van der Waals surface area contributed by atoms with Gasteiger partial charge in [0.15, 0.2) is 0 Å². The number of carbonyl (C=O) groups excluding carboxylic acids is 1. The fourth-order valence-corrected chi connectivity index (χ4v) is 1.93. The molecule has 1 aromatic heterocycles. The lowest BCUT2D eigenvalue weighted by atomic mass is 10.1. The molecule has 0 unspecified atom stereocenters. The Labute approximate surface area is 95.5 Å². The van der Waals surface area contributed by atoms with E-state index in [1.54, 1.807) is 0 Å². The maximum Gasteiger partial charge on any atom is 0.317 e.